The maximum atomic E-state index is 12.0. The molecule has 1 atom stereocenters. The van der Waals surface area contributed by atoms with E-state index in [9.17, 15) is 13.2 Å². The highest BCUT2D eigenvalue weighted by Crippen LogP contribution is 2.21. The molecule has 0 spiro atoms. The Bertz CT molecular complexity index is 160. The van der Waals surface area contributed by atoms with E-state index in [1.54, 1.807) is 0 Å². The zero-order valence-corrected chi connectivity index (χ0v) is 7.35. The fourth-order valence-electron chi connectivity index (χ4n) is 1.70. The molecule has 0 saturated carbocycles. The van der Waals surface area contributed by atoms with Gasteiger partial charge in [-0.15, -0.1) is 0 Å². The Morgan fingerprint density at radius 3 is 2.62 bits per heavy atom. The molecule has 1 rings (SSSR count). The summed E-state index contributed by atoms with van der Waals surface area (Å²) in [6.07, 6.45) is -2.52. The van der Waals surface area contributed by atoms with Crippen LogP contribution in [0.3, 0.4) is 0 Å². The van der Waals surface area contributed by atoms with Gasteiger partial charge in [0.25, 0.3) is 0 Å². The van der Waals surface area contributed by atoms with Crippen LogP contribution in [0.1, 0.15) is 12.8 Å². The molecule has 78 valence electrons. The first-order chi connectivity index (χ1) is 6.01. The number of rotatable bonds is 2. The molecular weight excluding hydrogens is 183 g/mol. The molecule has 1 aliphatic heterocycles. The van der Waals surface area contributed by atoms with E-state index in [4.69, 9.17) is 5.11 Å². The molecule has 0 aliphatic carbocycles. The van der Waals surface area contributed by atoms with Gasteiger partial charge < -0.3 is 5.11 Å². The Morgan fingerprint density at radius 2 is 2.08 bits per heavy atom. The third-order valence-electron chi connectivity index (χ3n) is 2.26. The lowest BCUT2D eigenvalue weighted by Crippen LogP contribution is -2.42. The maximum absolute atomic E-state index is 12.0. The molecular formula is C8H14F3NO. The molecule has 2 nitrogen and oxygen atoms in total. The minimum atomic E-state index is -4.11. The summed E-state index contributed by atoms with van der Waals surface area (Å²) in [6, 6.07) is 0. The minimum absolute atomic E-state index is 0.00560. The number of nitrogens with zero attached hydrogens (tertiary/aromatic N) is 1. The largest absolute Gasteiger partial charge is 0.401 e. The van der Waals surface area contributed by atoms with E-state index >= 15 is 0 Å². The van der Waals surface area contributed by atoms with Crippen LogP contribution in [-0.4, -0.2) is 42.4 Å². The second-order valence-corrected chi connectivity index (χ2v) is 3.54. The Hall–Kier alpha value is -0.290. The van der Waals surface area contributed by atoms with Crippen molar-refractivity contribution in [2.75, 3.05) is 26.2 Å². The zero-order chi connectivity index (χ0) is 9.90. The molecule has 0 amide bonds. The van der Waals surface area contributed by atoms with Crippen LogP contribution in [0.2, 0.25) is 0 Å². The van der Waals surface area contributed by atoms with Crippen LogP contribution in [0.5, 0.6) is 0 Å². The van der Waals surface area contributed by atoms with E-state index in [0.29, 0.717) is 13.1 Å². The van der Waals surface area contributed by atoms with Gasteiger partial charge in [0, 0.05) is 13.2 Å². The Balaban J connectivity index is 2.34. The minimum Gasteiger partial charge on any atom is -0.396 e. The summed E-state index contributed by atoms with van der Waals surface area (Å²) in [5, 5.41) is 8.80. The fourth-order valence-corrected chi connectivity index (χ4v) is 1.70. The summed E-state index contributed by atoms with van der Waals surface area (Å²) in [7, 11) is 0. The van der Waals surface area contributed by atoms with E-state index in [0.717, 1.165) is 12.8 Å². The number of likely N-dealkylation sites (tertiary alicyclic amines) is 1. The van der Waals surface area contributed by atoms with Crippen molar-refractivity contribution in [2.45, 2.75) is 19.0 Å². The number of halogens is 3. The van der Waals surface area contributed by atoms with Gasteiger partial charge in [-0.05, 0) is 25.3 Å². The van der Waals surface area contributed by atoms with E-state index in [-0.39, 0.29) is 12.5 Å². The van der Waals surface area contributed by atoms with Crippen molar-refractivity contribution in [1.29, 1.82) is 0 Å². The second-order valence-electron chi connectivity index (χ2n) is 3.54. The lowest BCUT2D eigenvalue weighted by atomic mass is 9.99. The molecule has 5 heteroatoms. The molecule has 1 fully saturated rings. The van der Waals surface area contributed by atoms with Gasteiger partial charge in [-0.3, -0.25) is 4.90 Å². The number of hydrogen-bond donors (Lipinski definition) is 1. The number of hydrogen-bond acceptors (Lipinski definition) is 2. The standard InChI is InChI=1S/C8H14F3NO/c9-8(10,11)6-12-3-1-2-7(4-12)5-13/h7,13H,1-6H2/t7-/m1/s1. The molecule has 0 aromatic rings. The van der Waals surface area contributed by atoms with Gasteiger partial charge >= 0.3 is 6.18 Å². The van der Waals surface area contributed by atoms with E-state index in [1.807, 2.05) is 0 Å². The van der Waals surface area contributed by atoms with Gasteiger partial charge in [-0.2, -0.15) is 13.2 Å². The average molecular weight is 197 g/mol. The number of piperidine rings is 1. The van der Waals surface area contributed by atoms with Crippen LogP contribution in [0, 0.1) is 5.92 Å². The molecule has 0 bridgehead atoms. The highest BCUT2D eigenvalue weighted by atomic mass is 19.4. The normalized spacial score (nSPS) is 26.3. The molecule has 0 radical (unpaired) electrons. The predicted octanol–water partition coefficient (Wildman–Crippen LogP) is 1.25. The van der Waals surface area contributed by atoms with Crippen LogP contribution in [0.25, 0.3) is 0 Å². The van der Waals surface area contributed by atoms with Crippen molar-refractivity contribution in [3.63, 3.8) is 0 Å². The lowest BCUT2D eigenvalue weighted by molar-refractivity contribution is -0.150. The van der Waals surface area contributed by atoms with Crippen LogP contribution in [0.4, 0.5) is 13.2 Å². The van der Waals surface area contributed by atoms with Crippen LogP contribution < -0.4 is 0 Å². The molecule has 1 aliphatic rings. The second kappa shape index (κ2) is 4.28. The topological polar surface area (TPSA) is 23.5 Å². The Kier molecular flexibility index (Phi) is 3.55. The summed E-state index contributed by atoms with van der Waals surface area (Å²) in [4.78, 5) is 1.37. The smallest absolute Gasteiger partial charge is 0.396 e. The Morgan fingerprint density at radius 1 is 1.38 bits per heavy atom. The summed E-state index contributed by atoms with van der Waals surface area (Å²) < 4.78 is 35.9. The zero-order valence-electron chi connectivity index (χ0n) is 7.35. The highest BCUT2D eigenvalue weighted by molar-refractivity contribution is 4.74. The van der Waals surface area contributed by atoms with Crippen LogP contribution >= 0.6 is 0 Å². The summed E-state index contributed by atoms with van der Waals surface area (Å²) >= 11 is 0. The molecule has 13 heavy (non-hydrogen) atoms. The quantitative estimate of drug-likeness (QED) is 0.720. The first-order valence-corrected chi connectivity index (χ1v) is 4.41. The predicted molar refractivity (Wildman–Crippen MR) is 42.3 cm³/mol. The van der Waals surface area contributed by atoms with Crippen LogP contribution in [-0.2, 0) is 0 Å². The Labute approximate surface area is 75.3 Å². The third kappa shape index (κ3) is 3.95. The molecule has 0 aromatic carbocycles. The van der Waals surface area contributed by atoms with Crippen molar-refractivity contribution >= 4 is 0 Å². The van der Waals surface area contributed by atoms with Crippen molar-refractivity contribution in [3.8, 4) is 0 Å². The van der Waals surface area contributed by atoms with E-state index in [1.165, 1.54) is 4.90 Å². The molecule has 1 saturated heterocycles. The van der Waals surface area contributed by atoms with Crippen LogP contribution in [0.15, 0.2) is 0 Å². The van der Waals surface area contributed by atoms with Gasteiger partial charge in [0.05, 0.1) is 6.54 Å². The monoisotopic (exact) mass is 197 g/mol. The average Bonchev–Trinajstić information content (AvgIpc) is 2.01. The molecule has 0 aromatic heterocycles. The van der Waals surface area contributed by atoms with Gasteiger partial charge in [0.15, 0.2) is 0 Å². The van der Waals surface area contributed by atoms with E-state index < -0.39 is 12.7 Å². The van der Waals surface area contributed by atoms with Crippen molar-refractivity contribution in [2.24, 2.45) is 5.92 Å². The molecule has 1 heterocycles. The lowest BCUT2D eigenvalue weighted by Gasteiger charge is -2.32. The van der Waals surface area contributed by atoms with E-state index in [2.05, 4.69) is 0 Å². The van der Waals surface area contributed by atoms with Gasteiger partial charge in [-0.25, -0.2) is 0 Å². The fraction of sp³-hybridized carbons (Fsp3) is 1.00. The molecule has 0 unspecified atom stereocenters. The first-order valence-electron chi connectivity index (χ1n) is 4.41. The number of aliphatic hydroxyl groups is 1. The van der Waals surface area contributed by atoms with Crippen molar-refractivity contribution in [3.05, 3.63) is 0 Å². The van der Waals surface area contributed by atoms with Gasteiger partial charge in [-0.1, -0.05) is 0 Å². The van der Waals surface area contributed by atoms with Crippen molar-refractivity contribution in [1.82, 2.24) is 4.90 Å². The summed E-state index contributed by atoms with van der Waals surface area (Å²) in [5.74, 6) is 0.0242. The number of aliphatic hydroxyl groups excluding tert-OH is 1. The first kappa shape index (κ1) is 10.8. The highest BCUT2D eigenvalue weighted by Gasteiger charge is 2.32. The third-order valence-corrected chi connectivity index (χ3v) is 2.26. The SMILES string of the molecule is OC[C@@H]1CCCN(CC(F)(F)F)C1. The van der Waals surface area contributed by atoms with Crippen molar-refractivity contribution < 1.29 is 18.3 Å². The summed E-state index contributed by atoms with van der Waals surface area (Å²) in [5.41, 5.74) is 0. The summed E-state index contributed by atoms with van der Waals surface area (Å²) in [6.45, 7) is 0.0177. The number of alkyl halides is 3. The van der Waals surface area contributed by atoms with Gasteiger partial charge in [0.2, 0.25) is 0 Å². The van der Waals surface area contributed by atoms with Gasteiger partial charge in [0.1, 0.15) is 0 Å². The molecule has 1 N–H and O–H groups in total. The maximum Gasteiger partial charge on any atom is 0.401 e.